The predicted molar refractivity (Wildman–Crippen MR) is 64.9 cm³/mol. The second kappa shape index (κ2) is 4.58. The van der Waals surface area contributed by atoms with E-state index in [0.29, 0.717) is 0 Å². The second-order valence-electron chi connectivity index (χ2n) is 3.88. The monoisotopic (exact) mass is 339 g/mol. The van der Waals surface area contributed by atoms with E-state index in [9.17, 15) is 21.5 Å². The standard InChI is InChI=1S/C10H8BrF2NO3S/c11-10-7(12)2-1-3-8(10)14-5-6(4-9(14)15)18(13,16)17/h1-3,6H,4-5H2. The third kappa shape index (κ3) is 2.39. The van der Waals surface area contributed by atoms with Crippen LogP contribution in [0, 0.1) is 5.82 Å². The molecule has 1 saturated heterocycles. The molecular formula is C10H8BrF2NO3S. The fourth-order valence-corrected chi connectivity index (χ4v) is 2.94. The van der Waals surface area contributed by atoms with Crippen LogP contribution < -0.4 is 4.90 Å². The topological polar surface area (TPSA) is 54.5 Å². The Morgan fingerprint density at radius 3 is 2.61 bits per heavy atom. The summed E-state index contributed by atoms with van der Waals surface area (Å²) in [7, 11) is -4.77. The molecule has 0 aromatic heterocycles. The van der Waals surface area contributed by atoms with E-state index in [1.807, 2.05) is 0 Å². The van der Waals surface area contributed by atoms with Crippen molar-refractivity contribution in [2.45, 2.75) is 11.7 Å². The minimum Gasteiger partial charge on any atom is -0.310 e. The molecule has 18 heavy (non-hydrogen) atoms. The molecule has 0 aliphatic carbocycles. The third-order valence-corrected chi connectivity index (χ3v) is 4.61. The Balaban J connectivity index is 2.36. The van der Waals surface area contributed by atoms with Gasteiger partial charge in [0, 0.05) is 13.0 Å². The summed E-state index contributed by atoms with van der Waals surface area (Å²) in [5, 5.41) is -1.39. The number of carbonyl (C=O) groups excluding carboxylic acids is 1. The lowest BCUT2D eigenvalue weighted by molar-refractivity contribution is -0.117. The lowest BCUT2D eigenvalue weighted by atomic mass is 10.3. The molecule has 1 unspecified atom stereocenters. The van der Waals surface area contributed by atoms with E-state index in [1.165, 1.54) is 18.2 Å². The van der Waals surface area contributed by atoms with Crippen molar-refractivity contribution in [2.75, 3.05) is 11.4 Å². The van der Waals surface area contributed by atoms with Crippen LogP contribution in [0.1, 0.15) is 6.42 Å². The van der Waals surface area contributed by atoms with Crippen LogP contribution in [-0.4, -0.2) is 26.1 Å². The minimum atomic E-state index is -4.77. The quantitative estimate of drug-likeness (QED) is 0.774. The molecule has 1 aromatic carbocycles. The Labute approximate surface area is 111 Å². The highest BCUT2D eigenvalue weighted by molar-refractivity contribution is 9.10. The largest absolute Gasteiger partial charge is 0.310 e. The van der Waals surface area contributed by atoms with Crippen molar-refractivity contribution in [3.63, 3.8) is 0 Å². The molecule has 1 heterocycles. The van der Waals surface area contributed by atoms with Crippen LogP contribution in [0.25, 0.3) is 0 Å². The van der Waals surface area contributed by atoms with Crippen LogP contribution in [-0.2, 0) is 15.0 Å². The molecular weight excluding hydrogens is 332 g/mol. The Morgan fingerprint density at radius 2 is 2.06 bits per heavy atom. The lowest BCUT2D eigenvalue weighted by Crippen LogP contribution is -2.27. The number of anilines is 1. The van der Waals surface area contributed by atoms with Gasteiger partial charge in [0.05, 0.1) is 10.2 Å². The van der Waals surface area contributed by atoms with Crippen LogP contribution in [0.4, 0.5) is 14.0 Å². The SMILES string of the molecule is O=C1CC(S(=O)(=O)F)CN1c1cccc(F)c1Br. The third-order valence-electron chi connectivity index (χ3n) is 2.71. The zero-order valence-electron chi connectivity index (χ0n) is 8.94. The maximum Gasteiger partial charge on any atom is 0.307 e. The number of benzene rings is 1. The van der Waals surface area contributed by atoms with Gasteiger partial charge in [-0.2, -0.15) is 8.42 Å². The van der Waals surface area contributed by atoms with E-state index in [0.717, 1.165) is 4.90 Å². The van der Waals surface area contributed by atoms with Gasteiger partial charge in [-0.05, 0) is 28.1 Å². The molecule has 0 N–H and O–H groups in total. The molecule has 1 aromatic rings. The number of nitrogens with zero attached hydrogens (tertiary/aromatic N) is 1. The van der Waals surface area contributed by atoms with Crippen LogP contribution >= 0.6 is 15.9 Å². The molecule has 1 amide bonds. The predicted octanol–water partition coefficient (Wildman–Crippen LogP) is 1.99. The Kier molecular flexibility index (Phi) is 3.41. The van der Waals surface area contributed by atoms with Gasteiger partial charge in [0.15, 0.2) is 0 Å². The molecule has 0 bridgehead atoms. The van der Waals surface area contributed by atoms with Crippen molar-refractivity contribution in [1.82, 2.24) is 0 Å². The lowest BCUT2D eigenvalue weighted by Gasteiger charge is -2.17. The smallest absolute Gasteiger partial charge is 0.307 e. The van der Waals surface area contributed by atoms with Gasteiger partial charge in [-0.3, -0.25) is 4.79 Å². The number of hydrogen-bond donors (Lipinski definition) is 0. The zero-order chi connectivity index (χ0) is 13.5. The van der Waals surface area contributed by atoms with Crippen molar-refractivity contribution in [3.8, 4) is 0 Å². The van der Waals surface area contributed by atoms with Gasteiger partial charge in [-0.15, -0.1) is 3.89 Å². The van der Waals surface area contributed by atoms with Gasteiger partial charge >= 0.3 is 10.2 Å². The van der Waals surface area contributed by atoms with Crippen molar-refractivity contribution in [2.24, 2.45) is 0 Å². The van der Waals surface area contributed by atoms with E-state index in [2.05, 4.69) is 15.9 Å². The number of rotatable bonds is 2. The highest BCUT2D eigenvalue weighted by Gasteiger charge is 2.39. The molecule has 0 saturated carbocycles. The van der Waals surface area contributed by atoms with Crippen LogP contribution in [0.2, 0.25) is 0 Å². The Morgan fingerprint density at radius 1 is 1.39 bits per heavy atom. The highest BCUT2D eigenvalue weighted by atomic mass is 79.9. The summed E-state index contributed by atoms with van der Waals surface area (Å²) >= 11 is 2.98. The van der Waals surface area contributed by atoms with E-state index >= 15 is 0 Å². The van der Waals surface area contributed by atoms with Gasteiger partial charge in [-0.25, -0.2) is 4.39 Å². The number of amides is 1. The molecule has 8 heteroatoms. The van der Waals surface area contributed by atoms with Crippen molar-refractivity contribution in [1.29, 1.82) is 0 Å². The van der Waals surface area contributed by atoms with Crippen molar-refractivity contribution >= 4 is 37.7 Å². The van der Waals surface area contributed by atoms with Crippen molar-refractivity contribution in [3.05, 3.63) is 28.5 Å². The zero-order valence-corrected chi connectivity index (χ0v) is 11.3. The fraction of sp³-hybridized carbons (Fsp3) is 0.300. The first-order valence-corrected chi connectivity index (χ1v) is 7.22. The molecule has 1 fully saturated rings. The summed E-state index contributed by atoms with van der Waals surface area (Å²) in [6.07, 6.45) is -0.429. The molecule has 0 radical (unpaired) electrons. The molecule has 4 nitrogen and oxygen atoms in total. The molecule has 1 aliphatic heterocycles. The first kappa shape index (κ1) is 13.4. The molecule has 1 atom stereocenters. The fourth-order valence-electron chi connectivity index (χ4n) is 1.80. The number of carbonyl (C=O) groups is 1. The van der Waals surface area contributed by atoms with Gasteiger partial charge < -0.3 is 4.90 Å². The Hall–Kier alpha value is -1.02. The minimum absolute atomic E-state index is 0.0512. The maximum absolute atomic E-state index is 13.3. The first-order valence-electron chi connectivity index (χ1n) is 4.98. The van der Waals surface area contributed by atoms with Gasteiger partial charge in [-0.1, -0.05) is 6.07 Å². The summed E-state index contributed by atoms with van der Waals surface area (Å²) in [4.78, 5) is 12.7. The highest BCUT2D eigenvalue weighted by Crippen LogP contribution is 2.33. The Bertz CT molecular complexity index is 605. The van der Waals surface area contributed by atoms with E-state index in [1.54, 1.807) is 0 Å². The van der Waals surface area contributed by atoms with Crippen LogP contribution in [0.3, 0.4) is 0 Å². The van der Waals surface area contributed by atoms with Crippen molar-refractivity contribution < 1.29 is 21.5 Å². The molecule has 1 aliphatic rings. The molecule has 0 spiro atoms. The van der Waals surface area contributed by atoms with Crippen LogP contribution in [0.5, 0.6) is 0 Å². The summed E-state index contributed by atoms with van der Waals surface area (Å²) in [5.74, 6) is -1.13. The molecule has 2 rings (SSSR count). The average Bonchev–Trinajstić information content (AvgIpc) is 2.64. The van der Waals surface area contributed by atoms with Gasteiger partial charge in [0.1, 0.15) is 11.1 Å². The van der Waals surface area contributed by atoms with Gasteiger partial charge in [0.25, 0.3) is 0 Å². The maximum atomic E-state index is 13.3. The summed E-state index contributed by atoms with van der Waals surface area (Å²) < 4.78 is 47.8. The first-order chi connectivity index (χ1) is 8.30. The normalized spacial score (nSPS) is 20.5. The van der Waals surface area contributed by atoms with E-state index in [4.69, 9.17) is 0 Å². The number of halogens is 3. The number of hydrogen-bond acceptors (Lipinski definition) is 3. The van der Waals surface area contributed by atoms with Gasteiger partial charge in [0.2, 0.25) is 5.91 Å². The molecule has 98 valence electrons. The van der Waals surface area contributed by atoms with E-state index < -0.39 is 33.6 Å². The van der Waals surface area contributed by atoms with E-state index in [-0.39, 0.29) is 16.7 Å². The summed E-state index contributed by atoms with van der Waals surface area (Å²) in [5.41, 5.74) is 0.200. The second-order valence-corrected chi connectivity index (χ2v) is 6.29. The summed E-state index contributed by atoms with van der Waals surface area (Å²) in [6, 6.07) is 4.04. The van der Waals surface area contributed by atoms with Crippen LogP contribution in [0.15, 0.2) is 22.7 Å². The summed E-state index contributed by atoms with van der Waals surface area (Å²) in [6.45, 7) is -0.306. The average molecular weight is 340 g/mol.